The fourth-order valence-corrected chi connectivity index (χ4v) is 2.57. The number of morpholine rings is 1. The number of carbonyl (C=O) groups is 1. The maximum absolute atomic E-state index is 11.8. The van der Waals surface area contributed by atoms with Crippen LogP contribution in [0.1, 0.15) is 5.76 Å². The highest BCUT2D eigenvalue weighted by molar-refractivity contribution is 5.82. The van der Waals surface area contributed by atoms with Crippen molar-refractivity contribution >= 4 is 17.8 Å². The second-order valence-corrected chi connectivity index (χ2v) is 5.84. The molecule has 1 aliphatic rings. The molecule has 0 bridgehead atoms. The van der Waals surface area contributed by atoms with E-state index in [-0.39, 0.29) is 35.2 Å². The number of ether oxygens (including phenoxy) is 1. The minimum Gasteiger partial charge on any atom is -0.507 e. The lowest BCUT2D eigenvalue weighted by Gasteiger charge is -2.25. The zero-order chi connectivity index (χ0) is 19.2. The highest BCUT2D eigenvalue weighted by Gasteiger charge is 2.15. The quantitative estimate of drug-likeness (QED) is 0.443. The van der Waals surface area contributed by atoms with E-state index in [0.29, 0.717) is 32.1 Å². The molecule has 3 rings (SSSR count). The van der Waals surface area contributed by atoms with Crippen molar-refractivity contribution in [3.8, 4) is 17.1 Å². The number of rotatable bonds is 6. The van der Waals surface area contributed by atoms with E-state index in [9.17, 15) is 20.0 Å². The molecule has 10 nitrogen and oxygen atoms in total. The Morgan fingerprint density at radius 2 is 2.11 bits per heavy atom. The van der Waals surface area contributed by atoms with Gasteiger partial charge in [-0.25, -0.2) is 5.43 Å². The first kappa shape index (κ1) is 18.5. The number of carbonyl (C=O) groups excluding carboxylic acids is 1. The van der Waals surface area contributed by atoms with Gasteiger partial charge in [-0.15, -0.1) is 0 Å². The summed E-state index contributed by atoms with van der Waals surface area (Å²) in [5.41, 5.74) is 2.44. The van der Waals surface area contributed by atoms with Crippen LogP contribution in [-0.2, 0) is 9.53 Å². The van der Waals surface area contributed by atoms with E-state index in [2.05, 4.69) is 10.5 Å². The van der Waals surface area contributed by atoms with Gasteiger partial charge < -0.3 is 14.3 Å². The Hall–Kier alpha value is -3.24. The van der Waals surface area contributed by atoms with E-state index >= 15 is 0 Å². The molecule has 1 fully saturated rings. The summed E-state index contributed by atoms with van der Waals surface area (Å²) in [6.07, 6.45) is 1.31. The number of hydrazone groups is 1. The molecule has 0 aliphatic carbocycles. The Morgan fingerprint density at radius 3 is 2.85 bits per heavy atom. The smallest absolute Gasteiger partial charge is 0.270 e. The number of nitrogens with one attached hydrogen (secondary N) is 1. The number of hydrogen-bond acceptors (Lipinski definition) is 8. The lowest BCUT2D eigenvalue weighted by Crippen LogP contribution is -2.42. The van der Waals surface area contributed by atoms with Gasteiger partial charge in [0.15, 0.2) is 0 Å². The molecule has 2 N–H and O–H groups in total. The standard InChI is InChI=1S/C17H18N4O6/c22-15-3-1-12(21(24)25)9-14(15)16-4-2-13(27-16)10-18-19-17(23)11-20-5-7-26-8-6-20/h1-4,9-10,22H,5-8,11H2,(H,19,23)/b18-10+. The Kier molecular flexibility index (Phi) is 5.79. The zero-order valence-electron chi connectivity index (χ0n) is 14.3. The van der Waals surface area contributed by atoms with E-state index in [0.717, 1.165) is 0 Å². The summed E-state index contributed by atoms with van der Waals surface area (Å²) in [7, 11) is 0. The molecule has 2 aromatic rings. The third kappa shape index (κ3) is 4.90. The molecular formula is C17H18N4O6. The van der Waals surface area contributed by atoms with Crippen LogP contribution in [0.5, 0.6) is 5.75 Å². The number of nitro benzene ring substituents is 1. The summed E-state index contributed by atoms with van der Waals surface area (Å²) >= 11 is 0. The van der Waals surface area contributed by atoms with Gasteiger partial charge in [-0.05, 0) is 18.2 Å². The fraction of sp³-hybridized carbons (Fsp3) is 0.294. The highest BCUT2D eigenvalue weighted by atomic mass is 16.6. The van der Waals surface area contributed by atoms with Crippen LogP contribution in [0.25, 0.3) is 11.3 Å². The number of benzene rings is 1. The predicted molar refractivity (Wildman–Crippen MR) is 95.5 cm³/mol. The highest BCUT2D eigenvalue weighted by Crippen LogP contribution is 2.33. The summed E-state index contributed by atoms with van der Waals surface area (Å²) in [4.78, 5) is 24.1. The maximum Gasteiger partial charge on any atom is 0.270 e. The largest absolute Gasteiger partial charge is 0.507 e. The molecule has 1 aromatic carbocycles. The first-order chi connectivity index (χ1) is 13.0. The van der Waals surface area contributed by atoms with Crippen molar-refractivity contribution < 1.29 is 24.0 Å². The number of nitro groups is 1. The van der Waals surface area contributed by atoms with Gasteiger partial charge in [-0.3, -0.25) is 19.8 Å². The Morgan fingerprint density at radius 1 is 1.33 bits per heavy atom. The molecule has 1 aliphatic heterocycles. The Balaban J connectivity index is 1.60. The van der Waals surface area contributed by atoms with Crippen LogP contribution in [0.15, 0.2) is 39.9 Å². The molecular weight excluding hydrogens is 356 g/mol. The summed E-state index contributed by atoms with van der Waals surface area (Å²) < 4.78 is 10.7. The third-order valence-electron chi connectivity index (χ3n) is 3.94. The Labute approximate surface area is 154 Å². The van der Waals surface area contributed by atoms with Gasteiger partial charge in [-0.2, -0.15) is 5.10 Å². The maximum atomic E-state index is 11.8. The van der Waals surface area contributed by atoms with E-state index in [1.54, 1.807) is 12.1 Å². The molecule has 0 saturated carbocycles. The minimum atomic E-state index is -0.557. The van der Waals surface area contributed by atoms with Crippen molar-refractivity contribution in [2.24, 2.45) is 5.10 Å². The van der Waals surface area contributed by atoms with Gasteiger partial charge in [0.25, 0.3) is 11.6 Å². The number of phenolic OH excluding ortho intramolecular Hbond substituents is 1. The molecule has 0 spiro atoms. The van der Waals surface area contributed by atoms with Crippen molar-refractivity contribution in [1.29, 1.82) is 0 Å². The van der Waals surface area contributed by atoms with Crippen LogP contribution >= 0.6 is 0 Å². The molecule has 0 unspecified atom stereocenters. The molecule has 1 amide bonds. The van der Waals surface area contributed by atoms with Gasteiger partial charge in [0, 0.05) is 25.2 Å². The van der Waals surface area contributed by atoms with Crippen LogP contribution in [-0.4, -0.2) is 59.9 Å². The van der Waals surface area contributed by atoms with Crippen molar-refractivity contribution in [3.05, 3.63) is 46.2 Å². The van der Waals surface area contributed by atoms with Gasteiger partial charge in [-0.1, -0.05) is 0 Å². The number of amides is 1. The zero-order valence-corrected chi connectivity index (χ0v) is 14.3. The fourth-order valence-electron chi connectivity index (χ4n) is 2.57. The van der Waals surface area contributed by atoms with E-state index < -0.39 is 4.92 Å². The minimum absolute atomic E-state index is 0.141. The Bertz CT molecular complexity index is 857. The molecule has 10 heteroatoms. The van der Waals surface area contributed by atoms with E-state index in [4.69, 9.17) is 9.15 Å². The number of hydrogen-bond donors (Lipinski definition) is 2. The first-order valence-electron chi connectivity index (χ1n) is 8.22. The topological polar surface area (TPSA) is 130 Å². The van der Waals surface area contributed by atoms with Gasteiger partial charge in [0.1, 0.15) is 17.3 Å². The van der Waals surface area contributed by atoms with Crippen molar-refractivity contribution in [3.63, 3.8) is 0 Å². The number of nitrogens with zero attached hydrogens (tertiary/aromatic N) is 3. The van der Waals surface area contributed by atoms with Crippen LogP contribution < -0.4 is 5.43 Å². The number of non-ortho nitro benzene ring substituents is 1. The van der Waals surface area contributed by atoms with E-state index in [1.165, 1.54) is 24.4 Å². The summed E-state index contributed by atoms with van der Waals surface area (Å²) in [5, 5.41) is 24.6. The molecule has 0 atom stereocenters. The second kappa shape index (κ2) is 8.43. The molecule has 1 aromatic heterocycles. The van der Waals surface area contributed by atoms with Crippen molar-refractivity contribution in [2.75, 3.05) is 32.8 Å². The third-order valence-corrected chi connectivity index (χ3v) is 3.94. The van der Waals surface area contributed by atoms with Crippen molar-refractivity contribution in [1.82, 2.24) is 10.3 Å². The molecule has 1 saturated heterocycles. The van der Waals surface area contributed by atoms with Crippen LogP contribution in [0, 0.1) is 10.1 Å². The SMILES string of the molecule is O=C(CN1CCOCC1)N/N=C/c1ccc(-c2cc([N+](=O)[O-])ccc2O)o1. The summed E-state index contributed by atoms with van der Waals surface area (Å²) in [6.45, 7) is 2.84. The average molecular weight is 374 g/mol. The van der Waals surface area contributed by atoms with Gasteiger partial charge >= 0.3 is 0 Å². The van der Waals surface area contributed by atoms with E-state index in [1.807, 2.05) is 4.90 Å². The first-order valence-corrected chi connectivity index (χ1v) is 8.22. The second-order valence-electron chi connectivity index (χ2n) is 5.84. The molecule has 2 heterocycles. The summed E-state index contributed by atoms with van der Waals surface area (Å²) in [5.74, 6) is 0.174. The summed E-state index contributed by atoms with van der Waals surface area (Å²) in [6, 6.07) is 6.78. The average Bonchev–Trinajstić information content (AvgIpc) is 3.11. The molecule has 0 radical (unpaired) electrons. The van der Waals surface area contributed by atoms with Crippen LogP contribution in [0.4, 0.5) is 5.69 Å². The monoisotopic (exact) mass is 374 g/mol. The normalized spacial score (nSPS) is 15.1. The number of furan rings is 1. The predicted octanol–water partition coefficient (Wildman–Crippen LogP) is 1.34. The molecule has 142 valence electrons. The number of aromatic hydroxyl groups is 1. The van der Waals surface area contributed by atoms with Crippen LogP contribution in [0.3, 0.4) is 0 Å². The van der Waals surface area contributed by atoms with Crippen LogP contribution in [0.2, 0.25) is 0 Å². The van der Waals surface area contributed by atoms with Crippen molar-refractivity contribution in [2.45, 2.75) is 0 Å². The van der Waals surface area contributed by atoms with Gasteiger partial charge in [0.2, 0.25) is 0 Å². The molecule has 27 heavy (non-hydrogen) atoms. The lowest BCUT2D eigenvalue weighted by molar-refractivity contribution is -0.384. The van der Waals surface area contributed by atoms with Gasteiger partial charge in [0.05, 0.1) is 36.5 Å². The lowest BCUT2D eigenvalue weighted by atomic mass is 10.1. The number of phenols is 1.